The highest BCUT2D eigenvalue weighted by molar-refractivity contribution is 5.55. The number of nitrogens with two attached hydrogens (primary N) is 1. The van der Waals surface area contributed by atoms with E-state index in [0.717, 1.165) is 16.8 Å². The Morgan fingerprint density at radius 3 is 2.90 bits per heavy atom. The van der Waals surface area contributed by atoms with E-state index in [1.165, 1.54) is 0 Å². The number of rotatable bonds is 2. The third-order valence-electron chi connectivity index (χ3n) is 3.56. The number of aromatic amines is 1. The second kappa shape index (κ2) is 4.94. The number of allylic oxidation sites excluding steroid dienone is 1. The lowest BCUT2D eigenvalue weighted by atomic mass is 9.83. The van der Waals surface area contributed by atoms with Gasteiger partial charge in [0, 0.05) is 18.1 Å². The first-order valence-corrected chi connectivity index (χ1v) is 6.69. The third-order valence-corrected chi connectivity index (χ3v) is 3.56. The van der Waals surface area contributed by atoms with Crippen LogP contribution in [0.25, 0.3) is 0 Å². The van der Waals surface area contributed by atoms with Crippen LogP contribution < -0.4 is 10.5 Å². The molecule has 1 aliphatic rings. The number of pyridine rings is 1. The average molecular weight is 281 g/mol. The zero-order valence-corrected chi connectivity index (χ0v) is 11.8. The molecule has 1 atom stereocenters. The molecule has 3 rings (SSSR count). The SMILES string of the molecule is CC(C)c1[nH]nc2c1[C@H](c1cccnc1)C(C#N)=C(N)O2. The van der Waals surface area contributed by atoms with Crippen molar-refractivity contribution < 1.29 is 4.74 Å². The third kappa shape index (κ3) is 2.03. The van der Waals surface area contributed by atoms with E-state index >= 15 is 0 Å². The van der Waals surface area contributed by atoms with Gasteiger partial charge in [0.1, 0.15) is 11.6 Å². The van der Waals surface area contributed by atoms with Crippen molar-refractivity contribution in [3.05, 3.63) is 52.8 Å². The number of hydrogen-bond acceptors (Lipinski definition) is 5. The van der Waals surface area contributed by atoms with E-state index in [4.69, 9.17) is 10.5 Å². The molecule has 0 spiro atoms. The minimum Gasteiger partial charge on any atom is -0.420 e. The molecule has 0 radical (unpaired) electrons. The summed E-state index contributed by atoms with van der Waals surface area (Å²) in [5.74, 6) is 0.455. The average Bonchev–Trinajstić information content (AvgIpc) is 2.90. The second-order valence-corrected chi connectivity index (χ2v) is 5.22. The van der Waals surface area contributed by atoms with Crippen LogP contribution in [0.15, 0.2) is 36.0 Å². The molecule has 3 heterocycles. The van der Waals surface area contributed by atoms with Crippen molar-refractivity contribution in [1.29, 1.82) is 5.26 Å². The minimum atomic E-state index is -0.302. The molecule has 1 aliphatic heterocycles. The Labute approximate surface area is 122 Å². The highest BCUT2D eigenvalue weighted by atomic mass is 16.5. The molecule has 0 aliphatic carbocycles. The summed E-state index contributed by atoms with van der Waals surface area (Å²) < 4.78 is 5.49. The number of ether oxygens (including phenoxy) is 1. The van der Waals surface area contributed by atoms with Gasteiger partial charge in [0.2, 0.25) is 11.8 Å². The highest BCUT2D eigenvalue weighted by Crippen LogP contribution is 2.43. The van der Waals surface area contributed by atoms with Crippen LogP contribution >= 0.6 is 0 Å². The fourth-order valence-corrected chi connectivity index (χ4v) is 2.59. The first kappa shape index (κ1) is 13.2. The van der Waals surface area contributed by atoms with Gasteiger partial charge in [-0.15, -0.1) is 5.10 Å². The molecule has 2 aromatic rings. The lowest BCUT2D eigenvalue weighted by Crippen LogP contribution is -2.21. The van der Waals surface area contributed by atoms with Gasteiger partial charge in [-0.1, -0.05) is 19.9 Å². The van der Waals surface area contributed by atoms with E-state index in [-0.39, 0.29) is 17.7 Å². The molecule has 2 aromatic heterocycles. The molecule has 0 bridgehead atoms. The van der Waals surface area contributed by atoms with Gasteiger partial charge in [-0.2, -0.15) is 5.26 Å². The molecular weight excluding hydrogens is 266 g/mol. The fourth-order valence-electron chi connectivity index (χ4n) is 2.59. The molecular formula is C15H15N5O. The molecule has 0 aromatic carbocycles. The van der Waals surface area contributed by atoms with Crippen molar-refractivity contribution in [3.63, 3.8) is 0 Å². The van der Waals surface area contributed by atoms with Gasteiger partial charge in [-0.3, -0.25) is 10.1 Å². The maximum atomic E-state index is 9.47. The van der Waals surface area contributed by atoms with Gasteiger partial charge < -0.3 is 10.5 Å². The van der Waals surface area contributed by atoms with Gasteiger partial charge >= 0.3 is 0 Å². The maximum absolute atomic E-state index is 9.47. The number of nitriles is 1. The Morgan fingerprint density at radius 2 is 2.29 bits per heavy atom. The Bertz CT molecular complexity index is 739. The Morgan fingerprint density at radius 1 is 1.48 bits per heavy atom. The van der Waals surface area contributed by atoms with E-state index in [0.29, 0.717) is 11.5 Å². The van der Waals surface area contributed by atoms with Gasteiger partial charge in [0.25, 0.3) is 0 Å². The molecule has 6 nitrogen and oxygen atoms in total. The quantitative estimate of drug-likeness (QED) is 0.878. The summed E-state index contributed by atoms with van der Waals surface area (Å²) in [5.41, 5.74) is 8.97. The number of H-pyrrole nitrogens is 1. The largest absolute Gasteiger partial charge is 0.420 e. The Hall–Kier alpha value is -2.81. The number of hydrogen-bond donors (Lipinski definition) is 2. The zero-order valence-electron chi connectivity index (χ0n) is 11.8. The van der Waals surface area contributed by atoms with Crippen LogP contribution in [-0.2, 0) is 0 Å². The van der Waals surface area contributed by atoms with Crippen molar-refractivity contribution in [3.8, 4) is 11.9 Å². The predicted molar refractivity (Wildman–Crippen MR) is 76.2 cm³/mol. The van der Waals surface area contributed by atoms with Crippen LogP contribution in [0.3, 0.4) is 0 Å². The molecule has 0 saturated carbocycles. The molecule has 6 heteroatoms. The zero-order chi connectivity index (χ0) is 15.0. The lowest BCUT2D eigenvalue weighted by Gasteiger charge is -2.24. The van der Waals surface area contributed by atoms with Crippen molar-refractivity contribution in [1.82, 2.24) is 15.2 Å². The van der Waals surface area contributed by atoms with Gasteiger partial charge in [0.05, 0.1) is 11.5 Å². The normalized spacial score (nSPS) is 17.3. The molecule has 106 valence electrons. The van der Waals surface area contributed by atoms with Crippen molar-refractivity contribution in [2.75, 3.05) is 0 Å². The van der Waals surface area contributed by atoms with Gasteiger partial charge in [-0.25, -0.2) is 0 Å². The van der Waals surface area contributed by atoms with Crippen molar-refractivity contribution >= 4 is 0 Å². The maximum Gasteiger partial charge on any atom is 0.244 e. The highest BCUT2D eigenvalue weighted by Gasteiger charge is 2.35. The van der Waals surface area contributed by atoms with E-state index in [2.05, 4.69) is 35.1 Å². The molecule has 21 heavy (non-hydrogen) atoms. The van der Waals surface area contributed by atoms with Gasteiger partial charge in [-0.05, 0) is 17.5 Å². The van der Waals surface area contributed by atoms with E-state index in [9.17, 15) is 5.26 Å². The summed E-state index contributed by atoms with van der Waals surface area (Å²) >= 11 is 0. The number of aromatic nitrogens is 3. The second-order valence-electron chi connectivity index (χ2n) is 5.22. The first-order chi connectivity index (χ1) is 10.1. The monoisotopic (exact) mass is 281 g/mol. The van der Waals surface area contributed by atoms with Crippen LogP contribution in [0.1, 0.15) is 42.5 Å². The molecule has 0 fully saturated rings. The molecule has 3 N–H and O–H groups in total. The standard InChI is InChI=1S/C15H15N5O/c1-8(2)13-12-11(9-4-3-5-18-7-9)10(6-16)14(17)21-15(12)20-19-13/h3-5,7-8,11H,17H2,1-2H3,(H,19,20)/t11-/m1/s1. The van der Waals surface area contributed by atoms with Crippen LogP contribution in [0.5, 0.6) is 5.88 Å². The van der Waals surface area contributed by atoms with Gasteiger partial charge in [0.15, 0.2) is 0 Å². The van der Waals surface area contributed by atoms with Crippen LogP contribution in [0.4, 0.5) is 0 Å². The van der Waals surface area contributed by atoms with Crippen molar-refractivity contribution in [2.24, 2.45) is 5.73 Å². The fraction of sp³-hybridized carbons (Fsp3) is 0.267. The van der Waals surface area contributed by atoms with E-state index < -0.39 is 0 Å². The summed E-state index contributed by atoms with van der Waals surface area (Å²) in [6, 6.07) is 5.92. The summed E-state index contributed by atoms with van der Waals surface area (Å²) in [5, 5.41) is 16.6. The minimum absolute atomic E-state index is 0.0978. The summed E-state index contributed by atoms with van der Waals surface area (Å²) in [6.07, 6.45) is 3.43. The number of fused-ring (bicyclic) bond motifs is 1. The van der Waals surface area contributed by atoms with Crippen LogP contribution in [0.2, 0.25) is 0 Å². The van der Waals surface area contributed by atoms with E-state index in [1.807, 2.05) is 12.1 Å². The molecule has 0 unspecified atom stereocenters. The predicted octanol–water partition coefficient (Wildman–Crippen LogP) is 2.15. The lowest BCUT2D eigenvalue weighted by molar-refractivity contribution is 0.378. The number of nitrogens with zero attached hydrogens (tertiary/aromatic N) is 3. The Kier molecular flexibility index (Phi) is 3.10. The molecule has 0 amide bonds. The summed E-state index contributed by atoms with van der Waals surface area (Å²) in [7, 11) is 0. The van der Waals surface area contributed by atoms with Crippen molar-refractivity contribution in [2.45, 2.75) is 25.7 Å². The first-order valence-electron chi connectivity index (χ1n) is 6.69. The topological polar surface area (TPSA) is 101 Å². The summed E-state index contributed by atoms with van der Waals surface area (Å²) in [6.45, 7) is 4.11. The molecule has 0 saturated heterocycles. The van der Waals surface area contributed by atoms with Crippen LogP contribution in [0, 0.1) is 11.3 Å². The Balaban J connectivity index is 2.25. The van der Waals surface area contributed by atoms with E-state index in [1.54, 1.807) is 12.4 Å². The summed E-state index contributed by atoms with van der Waals surface area (Å²) in [4.78, 5) is 4.14. The smallest absolute Gasteiger partial charge is 0.244 e. The van der Waals surface area contributed by atoms with Crippen LogP contribution in [-0.4, -0.2) is 15.2 Å². The number of nitrogens with one attached hydrogen (secondary N) is 1.